The van der Waals surface area contributed by atoms with Crippen LogP contribution in [0.4, 0.5) is 0 Å². The quantitative estimate of drug-likeness (QED) is 0.141. The van der Waals surface area contributed by atoms with Crippen molar-refractivity contribution in [3.8, 4) is 77.9 Å². The predicted molar refractivity (Wildman–Crippen MR) is 275 cm³/mol. The average Bonchev–Trinajstić information content (AvgIpc) is 3.38. The van der Waals surface area contributed by atoms with Crippen LogP contribution in [0.2, 0.25) is 0 Å². The van der Waals surface area contributed by atoms with Crippen LogP contribution in [0.3, 0.4) is 0 Å². The molecule has 0 aliphatic carbocycles. The molecule has 0 aliphatic heterocycles. The van der Waals surface area contributed by atoms with E-state index in [2.05, 4.69) is 255 Å². The molecule has 0 bridgehead atoms. The van der Waals surface area contributed by atoms with Gasteiger partial charge in [0.1, 0.15) is 0 Å². The Kier molecular flexibility index (Phi) is 9.28. The Morgan fingerprint density at radius 2 is 0.391 bits per heavy atom. The van der Waals surface area contributed by atoms with E-state index in [0.29, 0.717) is 0 Å². The summed E-state index contributed by atoms with van der Waals surface area (Å²) < 4.78 is 0. The minimum Gasteiger partial charge on any atom is -0.0622 e. The number of benzene rings is 12. The first-order valence-electron chi connectivity index (χ1n) is 22.1. The molecule has 12 aromatic carbocycles. The highest BCUT2D eigenvalue weighted by molar-refractivity contribution is 6.21. The van der Waals surface area contributed by atoms with Gasteiger partial charge in [0.05, 0.1) is 0 Å². The summed E-state index contributed by atoms with van der Waals surface area (Å²) in [6.07, 6.45) is 0. The lowest BCUT2D eigenvalue weighted by molar-refractivity contribution is 1.58. The second-order valence-electron chi connectivity index (χ2n) is 16.9. The van der Waals surface area contributed by atoms with Crippen LogP contribution in [0.15, 0.2) is 255 Å². The normalized spacial score (nSPS) is 11.4. The van der Waals surface area contributed by atoms with Crippen molar-refractivity contribution in [1.29, 1.82) is 0 Å². The van der Waals surface area contributed by atoms with E-state index in [4.69, 9.17) is 0 Å². The molecule has 12 aromatic rings. The van der Waals surface area contributed by atoms with Crippen LogP contribution in [0.5, 0.6) is 0 Å². The molecule has 0 aromatic heterocycles. The monoisotopic (exact) mass is 810 g/mol. The lowest BCUT2D eigenvalue weighted by atomic mass is 9.85. The minimum absolute atomic E-state index is 1.20. The van der Waals surface area contributed by atoms with Gasteiger partial charge in [-0.05, 0) is 139 Å². The summed E-state index contributed by atoms with van der Waals surface area (Å²) in [5, 5.41) is 10.1. The summed E-state index contributed by atoms with van der Waals surface area (Å²) in [4.78, 5) is 0. The zero-order valence-corrected chi connectivity index (χ0v) is 35.2. The van der Waals surface area contributed by atoms with Gasteiger partial charge in [-0.1, -0.05) is 237 Å². The van der Waals surface area contributed by atoms with Crippen molar-refractivity contribution in [2.45, 2.75) is 0 Å². The van der Waals surface area contributed by atoms with E-state index in [9.17, 15) is 0 Å². The van der Waals surface area contributed by atoms with Crippen LogP contribution in [0, 0.1) is 0 Å². The van der Waals surface area contributed by atoms with E-state index in [1.54, 1.807) is 0 Å². The molecule has 0 nitrogen and oxygen atoms in total. The van der Waals surface area contributed by atoms with E-state index in [1.807, 2.05) is 0 Å². The first-order valence-corrected chi connectivity index (χ1v) is 22.1. The highest BCUT2D eigenvalue weighted by Gasteiger charge is 2.17. The van der Waals surface area contributed by atoms with E-state index < -0.39 is 0 Å². The molecule has 64 heavy (non-hydrogen) atoms. The average molecular weight is 811 g/mol. The maximum atomic E-state index is 2.32. The second-order valence-corrected chi connectivity index (χ2v) is 16.9. The first-order chi connectivity index (χ1) is 31.7. The topological polar surface area (TPSA) is 0 Å². The Morgan fingerprint density at radius 3 is 0.781 bits per heavy atom. The van der Waals surface area contributed by atoms with Gasteiger partial charge in [-0.3, -0.25) is 0 Å². The Labute approximate surface area is 374 Å². The number of hydrogen-bond donors (Lipinski definition) is 0. The fourth-order valence-corrected chi connectivity index (χ4v) is 9.72. The molecule has 0 spiro atoms. The maximum absolute atomic E-state index is 2.32. The molecule has 0 saturated carbocycles. The van der Waals surface area contributed by atoms with Gasteiger partial charge in [-0.2, -0.15) is 0 Å². The van der Waals surface area contributed by atoms with E-state index in [0.717, 1.165) is 0 Å². The molecular formula is C64H42. The van der Waals surface area contributed by atoms with Crippen molar-refractivity contribution in [3.05, 3.63) is 255 Å². The zero-order chi connectivity index (χ0) is 42.4. The van der Waals surface area contributed by atoms with Crippen LogP contribution in [0.25, 0.3) is 121 Å². The van der Waals surface area contributed by atoms with Gasteiger partial charge in [0.2, 0.25) is 0 Å². The number of rotatable bonds is 7. The molecule has 298 valence electrons. The summed E-state index contributed by atoms with van der Waals surface area (Å²) in [5.41, 5.74) is 17.2. The molecule has 0 aliphatic rings. The van der Waals surface area contributed by atoms with Gasteiger partial charge >= 0.3 is 0 Å². The molecule has 12 rings (SSSR count). The van der Waals surface area contributed by atoms with Crippen molar-refractivity contribution in [2.75, 3.05) is 0 Å². The SMILES string of the molecule is c1ccc(-c2ccc3ccc(-c4ccc(-c5c6ccccc6c(-c6ccc(-c7ccc(-c8ccc(-c9ccc%10ccccc%10c9)cc8)cc7)cc6)c6ccccc56)cc4)cc3c2)cc1. The zero-order valence-electron chi connectivity index (χ0n) is 35.2. The van der Waals surface area contributed by atoms with Crippen LogP contribution in [-0.2, 0) is 0 Å². The number of fused-ring (bicyclic) bond motifs is 4. The summed E-state index contributed by atoms with van der Waals surface area (Å²) in [6.45, 7) is 0. The summed E-state index contributed by atoms with van der Waals surface area (Å²) in [7, 11) is 0. The third kappa shape index (κ3) is 6.83. The fourth-order valence-electron chi connectivity index (χ4n) is 9.72. The molecular weight excluding hydrogens is 769 g/mol. The Balaban J connectivity index is 0.836. The highest BCUT2D eigenvalue weighted by Crippen LogP contribution is 2.44. The Morgan fingerprint density at radius 1 is 0.141 bits per heavy atom. The highest BCUT2D eigenvalue weighted by atomic mass is 14.2. The molecule has 0 N–H and O–H groups in total. The largest absolute Gasteiger partial charge is 0.0622 e. The molecule has 0 heterocycles. The molecule has 0 fully saturated rings. The Hall–Kier alpha value is -8.32. The van der Waals surface area contributed by atoms with Crippen molar-refractivity contribution < 1.29 is 0 Å². The standard InChI is InChI=1S/C64H42/c1-2-10-43(11-3-1)56-38-31-51-32-39-57(42-58(51)41-56)50-28-35-53(36-29-50)64-61-16-8-6-14-59(61)63(60-15-7-9-17-62(60)64)52-33-26-48(27-34-52)46-20-18-45(19-21-46)47-22-24-49(25-23-47)55-37-30-44-12-4-5-13-54(44)40-55/h1-42H. The van der Waals surface area contributed by atoms with Gasteiger partial charge in [0.25, 0.3) is 0 Å². The van der Waals surface area contributed by atoms with Gasteiger partial charge in [-0.25, -0.2) is 0 Å². The van der Waals surface area contributed by atoms with Crippen LogP contribution < -0.4 is 0 Å². The number of hydrogen-bond acceptors (Lipinski definition) is 0. The summed E-state index contributed by atoms with van der Waals surface area (Å²) in [5.74, 6) is 0. The third-order valence-corrected chi connectivity index (χ3v) is 13.1. The van der Waals surface area contributed by atoms with Crippen molar-refractivity contribution in [2.24, 2.45) is 0 Å². The van der Waals surface area contributed by atoms with Crippen molar-refractivity contribution >= 4 is 43.1 Å². The second kappa shape index (κ2) is 15.9. The van der Waals surface area contributed by atoms with Crippen LogP contribution in [-0.4, -0.2) is 0 Å². The van der Waals surface area contributed by atoms with Crippen LogP contribution >= 0.6 is 0 Å². The lowest BCUT2D eigenvalue weighted by Crippen LogP contribution is -1.91. The first kappa shape index (κ1) is 37.4. The molecule has 0 saturated heterocycles. The van der Waals surface area contributed by atoms with E-state index in [-0.39, 0.29) is 0 Å². The molecule has 0 unspecified atom stereocenters. The van der Waals surface area contributed by atoms with Gasteiger partial charge in [0, 0.05) is 0 Å². The molecule has 0 radical (unpaired) electrons. The van der Waals surface area contributed by atoms with E-state index in [1.165, 1.54) is 121 Å². The predicted octanol–water partition coefficient (Wildman–Crippen LogP) is 18.0. The minimum atomic E-state index is 1.20. The smallest absolute Gasteiger partial charge is 0.00264 e. The van der Waals surface area contributed by atoms with Gasteiger partial charge in [0.15, 0.2) is 0 Å². The lowest BCUT2D eigenvalue weighted by Gasteiger charge is -2.18. The summed E-state index contributed by atoms with van der Waals surface area (Å²) >= 11 is 0. The fraction of sp³-hybridized carbons (Fsp3) is 0. The van der Waals surface area contributed by atoms with Gasteiger partial charge < -0.3 is 0 Å². The summed E-state index contributed by atoms with van der Waals surface area (Å²) in [6, 6.07) is 93.4. The van der Waals surface area contributed by atoms with E-state index >= 15 is 0 Å². The Bertz CT molecular complexity index is 3600. The molecule has 0 heteroatoms. The molecule has 0 amide bonds. The molecule has 0 atom stereocenters. The third-order valence-electron chi connectivity index (χ3n) is 13.1. The van der Waals surface area contributed by atoms with Crippen molar-refractivity contribution in [1.82, 2.24) is 0 Å². The van der Waals surface area contributed by atoms with Crippen molar-refractivity contribution in [3.63, 3.8) is 0 Å². The van der Waals surface area contributed by atoms with Crippen LogP contribution in [0.1, 0.15) is 0 Å². The maximum Gasteiger partial charge on any atom is -0.00264 e. The van der Waals surface area contributed by atoms with Gasteiger partial charge in [-0.15, -0.1) is 0 Å².